The van der Waals surface area contributed by atoms with Crippen molar-refractivity contribution in [1.82, 2.24) is 5.32 Å². The number of halogens is 1. The second kappa shape index (κ2) is 6.55. The number of phenolic OH excluding ortho intramolecular Hbond substituents is 1. The molecule has 1 aromatic rings. The zero-order chi connectivity index (χ0) is 13.7. The van der Waals surface area contributed by atoms with Crippen LogP contribution in [0, 0.1) is 5.82 Å². The highest BCUT2D eigenvalue weighted by Crippen LogP contribution is 2.18. The zero-order valence-electron chi connectivity index (χ0n) is 11.0. The summed E-state index contributed by atoms with van der Waals surface area (Å²) in [6.45, 7) is 0. The van der Waals surface area contributed by atoms with Gasteiger partial charge in [-0.05, 0) is 37.0 Å². The molecule has 0 atom stereocenters. The standard InChI is InChI=1S/C15H20FNO2/c16-13-10-11(6-8-14(13)18)7-9-15(19)17-12-4-2-1-3-5-12/h6,8,10,12,18H,1-5,7,9H2,(H,17,19). The minimum atomic E-state index is -0.634. The van der Waals surface area contributed by atoms with Crippen LogP contribution >= 0.6 is 0 Å². The van der Waals surface area contributed by atoms with Crippen LogP contribution in [0.2, 0.25) is 0 Å². The van der Waals surface area contributed by atoms with Crippen LogP contribution in [0.1, 0.15) is 44.1 Å². The van der Waals surface area contributed by atoms with Gasteiger partial charge in [0, 0.05) is 12.5 Å². The number of nitrogens with one attached hydrogen (secondary N) is 1. The molecule has 1 fully saturated rings. The highest BCUT2D eigenvalue weighted by molar-refractivity contribution is 5.76. The van der Waals surface area contributed by atoms with Crippen molar-refractivity contribution in [2.24, 2.45) is 0 Å². The first-order chi connectivity index (χ1) is 9.15. The van der Waals surface area contributed by atoms with Crippen LogP contribution in [0.15, 0.2) is 18.2 Å². The van der Waals surface area contributed by atoms with Crippen molar-refractivity contribution < 1.29 is 14.3 Å². The predicted molar refractivity (Wildman–Crippen MR) is 71.4 cm³/mol. The maximum absolute atomic E-state index is 13.1. The number of carbonyl (C=O) groups excluding carboxylic acids is 1. The normalized spacial score (nSPS) is 16.3. The fraction of sp³-hybridized carbons (Fsp3) is 0.533. The van der Waals surface area contributed by atoms with Crippen LogP contribution in [0.4, 0.5) is 4.39 Å². The largest absolute Gasteiger partial charge is 0.505 e. The van der Waals surface area contributed by atoms with E-state index in [0.717, 1.165) is 18.4 Å². The van der Waals surface area contributed by atoms with Gasteiger partial charge in [-0.2, -0.15) is 0 Å². The molecule has 104 valence electrons. The third-order valence-electron chi connectivity index (χ3n) is 3.62. The van der Waals surface area contributed by atoms with E-state index in [-0.39, 0.29) is 11.7 Å². The number of rotatable bonds is 4. The Labute approximate surface area is 112 Å². The average molecular weight is 265 g/mol. The maximum Gasteiger partial charge on any atom is 0.220 e. The van der Waals surface area contributed by atoms with Crippen molar-refractivity contribution in [3.05, 3.63) is 29.6 Å². The van der Waals surface area contributed by atoms with Crippen LogP contribution < -0.4 is 5.32 Å². The predicted octanol–water partition coefficient (Wildman–Crippen LogP) is 2.91. The molecule has 0 aliphatic heterocycles. The van der Waals surface area contributed by atoms with Gasteiger partial charge in [0.1, 0.15) is 0 Å². The number of aryl methyl sites for hydroxylation is 1. The lowest BCUT2D eigenvalue weighted by molar-refractivity contribution is -0.121. The lowest BCUT2D eigenvalue weighted by Crippen LogP contribution is -2.36. The highest BCUT2D eigenvalue weighted by Gasteiger charge is 2.15. The summed E-state index contributed by atoms with van der Waals surface area (Å²) in [5.74, 6) is -0.957. The Bertz CT molecular complexity index is 442. The molecule has 1 aromatic carbocycles. The third kappa shape index (κ3) is 4.23. The van der Waals surface area contributed by atoms with Gasteiger partial charge in [0.15, 0.2) is 11.6 Å². The summed E-state index contributed by atoms with van der Waals surface area (Å²) in [6.07, 6.45) is 6.64. The molecule has 3 nitrogen and oxygen atoms in total. The zero-order valence-corrected chi connectivity index (χ0v) is 11.0. The van der Waals surface area contributed by atoms with Gasteiger partial charge in [-0.25, -0.2) is 4.39 Å². The Morgan fingerprint density at radius 3 is 2.74 bits per heavy atom. The van der Waals surface area contributed by atoms with Gasteiger partial charge in [0.2, 0.25) is 5.91 Å². The number of hydrogen-bond donors (Lipinski definition) is 2. The van der Waals surface area contributed by atoms with Crippen molar-refractivity contribution in [2.45, 2.75) is 51.0 Å². The molecule has 0 spiro atoms. The van der Waals surface area contributed by atoms with E-state index in [4.69, 9.17) is 5.11 Å². The monoisotopic (exact) mass is 265 g/mol. The molecule has 2 N–H and O–H groups in total. The van der Waals surface area contributed by atoms with Gasteiger partial charge >= 0.3 is 0 Å². The van der Waals surface area contributed by atoms with E-state index in [1.165, 1.54) is 31.4 Å². The average Bonchev–Trinajstić information content (AvgIpc) is 2.41. The first kappa shape index (κ1) is 13.8. The lowest BCUT2D eigenvalue weighted by atomic mass is 9.95. The molecule has 1 saturated carbocycles. The van der Waals surface area contributed by atoms with Crippen LogP contribution in [-0.2, 0) is 11.2 Å². The van der Waals surface area contributed by atoms with Gasteiger partial charge in [-0.15, -0.1) is 0 Å². The summed E-state index contributed by atoms with van der Waals surface area (Å²) >= 11 is 0. The molecule has 0 heterocycles. The molecule has 2 rings (SSSR count). The lowest BCUT2D eigenvalue weighted by Gasteiger charge is -2.22. The number of benzene rings is 1. The molecule has 0 saturated heterocycles. The summed E-state index contributed by atoms with van der Waals surface area (Å²) in [4.78, 5) is 11.8. The Morgan fingerprint density at radius 2 is 2.05 bits per heavy atom. The number of carbonyl (C=O) groups is 1. The molecule has 0 radical (unpaired) electrons. The Morgan fingerprint density at radius 1 is 1.32 bits per heavy atom. The molecule has 0 unspecified atom stereocenters. The minimum absolute atomic E-state index is 0.0281. The van der Waals surface area contributed by atoms with Crippen LogP contribution in [-0.4, -0.2) is 17.1 Å². The molecular formula is C15H20FNO2. The Hall–Kier alpha value is -1.58. The van der Waals surface area contributed by atoms with E-state index >= 15 is 0 Å². The van der Waals surface area contributed by atoms with Gasteiger partial charge in [0.05, 0.1) is 0 Å². The van der Waals surface area contributed by atoms with Gasteiger partial charge < -0.3 is 10.4 Å². The fourth-order valence-electron chi connectivity index (χ4n) is 2.51. The van der Waals surface area contributed by atoms with Gasteiger partial charge in [-0.3, -0.25) is 4.79 Å². The third-order valence-corrected chi connectivity index (χ3v) is 3.62. The van der Waals surface area contributed by atoms with Crippen molar-refractivity contribution in [2.75, 3.05) is 0 Å². The molecule has 1 aliphatic rings. The number of aromatic hydroxyl groups is 1. The van der Waals surface area contributed by atoms with Crippen LogP contribution in [0.5, 0.6) is 5.75 Å². The van der Waals surface area contributed by atoms with Crippen molar-refractivity contribution in [1.29, 1.82) is 0 Å². The Kier molecular flexibility index (Phi) is 4.77. The molecule has 0 aromatic heterocycles. The van der Waals surface area contributed by atoms with Crippen molar-refractivity contribution >= 4 is 5.91 Å². The molecular weight excluding hydrogens is 245 g/mol. The molecule has 19 heavy (non-hydrogen) atoms. The quantitative estimate of drug-likeness (QED) is 0.879. The number of amides is 1. The summed E-state index contributed by atoms with van der Waals surface area (Å²) in [7, 11) is 0. The minimum Gasteiger partial charge on any atom is -0.505 e. The topological polar surface area (TPSA) is 49.3 Å². The van der Waals surface area contributed by atoms with Crippen molar-refractivity contribution in [3.8, 4) is 5.75 Å². The summed E-state index contributed by atoms with van der Waals surface area (Å²) in [5, 5.41) is 12.1. The van der Waals surface area contributed by atoms with E-state index < -0.39 is 5.82 Å². The molecule has 1 amide bonds. The summed E-state index contributed by atoms with van der Waals surface area (Å²) in [6, 6.07) is 4.57. The summed E-state index contributed by atoms with van der Waals surface area (Å²) < 4.78 is 13.1. The highest BCUT2D eigenvalue weighted by atomic mass is 19.1. The van der Waals surface area contributed by atoms with Gasteiger partial charge in [0.25, 0.3) is 0 Å². The van der Waals surface area contributed by atoms with E-state index in [1.54, 1.807) is 6.07 Å². The second-order valence-electron chi connectivity index (χ2n) is 5.19. The smallest absolute Gasteiger partial charge is 0.220 e. The van der Waals surface area contributed by atoms with E-state index in [1.807, 2.05) is 0 Å². The Balaban J connectivity index is 1.77. The summed E-state index contributed by atoms with van der Waals surface area (Å²) in [5.41, 5.74) is 0.731. The van der Waals surface area contributed by atoms with Crippen LogP contribution in [0.25, 0.3) is 0 Å². The number of phenols is 1. The molecule has 4 heteroatoms. The van der Waals surface area contributed by atoms with Crippen LogP contribution in [0.3, 0.4) is 0 Å². The SMILES string of the molecule is O=C(CCc1ccc(O)c(F)c1)NC1CCCCC1. The van der Waals surface area contributed by atoms with Crippen molar-refractivity contribution in [3.63, 3.8) is 0 Å². The van der Waals surface area contributed by atoms with E-state index in [9.17, 15) is 9.18 Å². The fourth-order valence-corrected chi connectivity index (χ4v) is 2.51. The van der Waals surface area contributed by atoms with E-state index in [2.05, 4.69) is 5.32 Å². The maximum atomic E-state index is 13.1. The van der Waals surface area contributed by atoms with E-state index in [0.29, 0.717) is 18.9 Å². The number of hydrogen-bond acceptors (Lipinski definition) is 2. The molecule has 0 bridgehead atoms. The molecule has 1 aliphatic carbocycles. The first-order valence-corrected chi connectivity index (χ1v) is 6.92. The van der Waals surface area contributed by atoms with Gasteiger partial charge in [-0.1, -0.05) is 25.3 Å². The first-order valence-electron chi connectivity index (χ1n) is 6.92. The second-order valence-corrected chi connectivity index (χ2v) is 5.19.